The van der Waals surface area contributed by atoms with E-state index in [1.54, 1.807) is 12.1 Å². The Morgan fingerprint density at radius 1 is 1.23 bits per heavy atom. The van der Waals surface area contributed by atoms with Crippen molar-refractivity contribution in [1.29, 1.82) is 0 Å². The number of nitrogens with one attached hydrogen (secondary N) is 1. The number of carbonyl (C=O) groups is 1. The number of nitrogens with zero attached hydrogens (tertiary/aromatic N) is 1. The van der Waals surface area contributed by atoms with Crippen molar-refractivity contribution >= 4 is 11.6 Å². The molecule has 0 radical (unpaired) electrons. The summed E-state index contributed by atoms with van der Waals surface area (Å²) in [5, 5.41) is 3.04. The average molecular weight is 358 g/mol. The van der Waals surface area contributed by atoms with Crippen molar-refractivity contribution < 1.29 is 13.9 Å². The van der Waals surface area contributed by atoms with Crippen LogP contribution < -0.4 is 10.1 Å². The van der Waals surface area contributed by atoms with Gasteiger partial charge in [-0.15, -0.1) is 0 Å². The first-order valence-corrected chi connectivity index (χ1v) is 8.83. The van der Waals surface area contributed by atoms with E-state index in [0.717, 1.165) is 16.8 Å². The van der Waals surface area contributed by atoms with Gasteiger partial charge in [-0.2, -0.15) is 0 Å². The van der Waals surface area contributed by atoms with Gasteiger partial charge in [-0.3, -0.25) is 9.69 Å². The predicted octanol–water partition coefficient (Wildman–Crippen LogP) is 4.21. The van der Waals surface area contributed by atoms with E-state index in [1.807, 2.05) is 37.1 Å². The number of benzene rings is 2. The first kappa shape index (κ1) is 19.9. The Hall–Kier alpha value is -2.40. The minimum absolute atomic E-state index is 0.0607. The largest absolute Gasteiger partial charge is 0.492 e. The number of hydrogen-bond acceptors (Lipinski definition) is 3. The first-order chi connectivity index (χ1) is 12.4. The molecule has 26 heavy (non-hydrogen) atoms. The van der Waals surface area contributed by atoms with Crippen LogP contribution in [0.3, 0.4) is 0 Å². The fraction of sp³-hybridized carbons (Fsp3) is 0.381. The van der Waals surface area contributed by atoms with Crippen LogP contribution in [0.2, 0.25) is 0 Å². The summed E-state index contributed by atoms with van der Waals surface area (Å²) >= 11 is 0. The number of para-hydroxylation sites is 1. The molecule has 0 fully saturated rings. The van der Waals surface area contributed by atoms with Crippen molar-refractivity contribution in [2.24, 2.45) is 0 Å². The van der Waals surface area contributed by atoms with Gasteiger partial charge in [0.2, 0.25) is 5.91 Å². The number of ether oxygens (including phenoxy) is 1. The van der Waals surface area contributed by atoms with E-state index in [-0.39, 0.29) is 18.3 Å². The maximum absolute atomic E-state index is 13.1. The Morgan fingerprint density at radius 3 is 2.65 bits per heavy atom. The van der Waals surface area contributed by atoms with Crippen LogP contribution >= 0.6 is 0 Å². The summed E-state index contributed by atoms with van der Waals surface area (Å²) in [6, 6.07) is 12.1. The SMILES string of the molecule is Cc1cccc(C(C)C)c1NC(=O)CN(C)CCOc1cccc(F)c1. The standard InChI is InChI=1S/C21H27FN2O2/c1-15(2)19-10-5-7-16(3)21(19)23-20(25)14-24(4)11-12-26-18-9-6-8-17(22)13-18/h5-10,13,15H,11-12,14H2,1-4H3,(H,23,25). The molecule has 0 bridgehead atoms. The molecule has 0 aliphatic carbocycles. The molecular weight excluding hydrogens is 331 g/mol. The number of aryl methyl sites for hydroxylation is 1. The van der Waals surface area contributed by atoms with Crippen molar-refractivity contribution in [2.45, 2.75) is 26.7 Å². The second-order valence-corrected chi connectivity index (χ2v) is 6.79. The highest BCUT2D eigenvalue weighted by Crippen LogP contribution is 2.27. The Balaban J connectivity index is 1.84. The van der Waals surface area contributed by atoms with Crippen LogP contribution in [0.15, 0.2) is 42.5 Å². The van der Waals surface area contributed by atoms with Gasteiger partial charge < -0.3 is 10.1 Å². The molecule has 2 aromatic carbocycles. The lowest BCUT2D eigenvalue weighted by molar-refractivity contribution is -0.117. The van der Waals surface area contributed by atoms with E-state index in [0.29, 0.717) is 24.8 Å². The van der Waals surface area contributed by atoms with Crippen LogP contribution in [0.1, 0.15) is 30.9 Å². The van der Waals surface area contributed by atoms with E-state index in [2.05, 4.69) is 19.2 Å². The van der Waals surface area contributed by atoms with Crippen molar-refractivity contribution in [3.63, 3.8) is 0 Å². The van der Waals surface area contributed by atoms with Gasteiger partial charge in [0.1, 0.15) is 18.2 Å². The van der Waals surface area contributed by atoms with Crippen molar-refractivity contribution in [3.8, 4) is 5.75 Å². The van der Waals surface area contributed by atoms with Gasteiger partial charge in [0.25, 0.3) is 0 Å². The van der Waals surface area contributed by atoms with Gasteiger partial charge >= 0.3 is 0 Å². The molecule has 0 unspecified atom stereocenters. The Labute approximate surface area is 155 Å². The van der Waals surface area contributed by atoms with Crippen molar-refractivity contribution in [2.75, 3.05) is 32.1 Å². The number of hydrogen-bond donors (Lipinski definition) is 1. The normalized spacial score (nSPS) is 11.0. The molecule has 0 aliphatic rings. The zero-order valence-corrected chi connectivity index (χ0v) is 15.9. The summed E-state index contributed by atoms with van der Waals surface area (Å²) in [4.78, 5) is 14.3. The topological polar surface area (TPSA) is 41.6 Å². The van der Waals surface area contributed by atoms with E-state index in [4.69, 9.17) is 4.74 Å². The van der Waals surface area contributed by atoms with E-state index < -0.39 is 0 Å². The number of amides is 1. The van der Waals surface area contributed by atoms with E-state index in [1.165, 1.54) is 12.1 Å². The number of likely N-dealkylation sites (N-methyl/N-ethyl adjacent to an activating group) is 1. The maximum Gasteiger partial charge on any atom is 0.238 e. The van der Waals surface area contributed by atoms with Crippen LogP contribution in [-0.2, 0) is 4.79 Å². The molecule has 0 atom stereocenters. The zero-order valence-electron chi connectivity index (χ0n) is 15.9. The molecule has 4 nitrogen and oxygen atoms in total. The smallest absolute Gasteiger partial charge is 0.238 e. The lowest BCUT2D eigenvalue weighted by atomic mass is 9.98. The Bertz CT molecular complexity index is 747. The monoisotopic (exact) mass is 358 g/mol. The number of rotatable bonds is 8. The van der Waals surface area contributed by atoms with Gasteiger partial charge in [0.05, 0.1) is 6.54 Å². The lowest BCUT2D eigenvalue weighted by Crippen LogP contribution is -2.33. The average Bonchev–Trinajstić information content (AvgIpc) is 2.56. The molecule has 2 aromatic rings. The second kappa shape index (κ2) is 9.34. The summed E-state index contributed by atoms with van der Waals surface area (Å²) in [5.74, 6) is 0.441. The molecule has 1 N–H and O–H groups in total. The third kappa shape index (κ3) is 5.85. The third-order valence-corrected chi connectivity index (χ3v) is 4.14. The molecule has 140 valence electrons. The predicted molar refractivity (Wildman–Crippen MR) is 103 cm³/mol. The second-order valence-electron chi connectivity index (χ2n) is 6.79. The molecule has 0 saturated carbocycles. The van der Waals surface area contributed by atoms with Crippen LogP contribution in [0, 0.1) is 12.7 Å². The lowest BCUT2D eigenvalue weighted by Gasteiger charge is -2.19. The number of anilines is 1. The first-order valence-electron chi connectivity index (χ1n) is 8.83. The van der Waals surface area contributed by atoms with Gasteiger partial charge in [-0.25, -0.2) is 4.39 Å². The van der Waals surface area contributed by atoms with Gasteiger partial charge in [0, 0.05) is 18.3 Å². The minimum Gasteiger partial charge on any atom is -0.492 e. The highest BCUT2D eigenvalue weighted by molar-refractivity contribution is 5.93. The summed E-state index contributed by atoms with van der Waals surface area (Å²) in [5.41, 5.74) is 3.09. The van der Waals surface area contributed by atoms with Crippen LogP contribution in [0.4, 0.5) is 10.1 Å². The fourth-order valence-electron chi connectivity index (χ4n) is 2.72. The number of halogens is 1. The van der Waals surface area contributed by atoms with Gasteiger partial charge in [-0.1, -0.05) is 38.1 Å². The maximum atomic E-state index is 13.1. The molecule has 2 rings (SSSR count). The molecule has 0 heterocycles. The molecule has 0 saturated heterocycles. The van der Waals surface area contributed by atoms with E-state index in [9.17, 15) is 9.18 Å². The molecule has 0 aliphatic heterocycles. The van der Waals surface area contributed by atoms with Crippen LogP contribution in [0.25, 0.3) is 0 Å². The molecule has 1 amide bonds. The summed E-state index contributed by atoms with van der Waals surface area (Å²) < 4.78 is 18.6. The summed E-state index contributed by atoms with van der Waals surface area (Å²) in [6.07, 6.45) is 0. The van der Waals surface area contributed by atoms with Crippen molar-refractivity contribution in [3.05, 3.63) is 59.4 Å². The molecule has 0 aromatic heterocycles. The summed E-state index contributed by atoms with van der Waals surface area (Å²) in [7, 11) is 1.86. The quantitative estimate of drug-likeness (QED) is 0.769. The van der Waals surface area contributed by atoms with Gasteiger partial charge in [0.15, 0.2) is 0 Å². The Kier molecular flexibility index (Phi) is 7.16. The fourth-order valence-corrected chi connectivity index (χ4v) is 2.72. The van der Waals surface area contributed by atoms with Crippen LogP contribution in [0.5, 0.6) is 5.75 Å². The molecule has 5 heteroatoms. The Morgan fingerprint density at radius 2 is 1.96 bits per heavy atom. The number of carbonyl (C=O) groups excluding carboxylic acids is 1. The summed E-state index contributed by atoms with van der Waals surface area (Å²) in [6.45, 7) is 7.43. The minimum atomic E-state index is -0.325. The van der Waals surface area contributed by atoms with E-state index >= 15 is 0 Å². The van der Waals surface area contributed by atoms with Gasteiger partial charge in [-0.05, 0) is 43.1 Å². The van der Waals surface area contributed by atoms with Crippen molar-refractivity contribution in [1.82, 2.24) is 4.90 Å². The zero-order chi connectivity index (χ0) is 19.1. The van der Waals surface area contributed by atoms with Crippen LogP contribution in [-0.4, -0.2) is 37.6 Å². The third-order valence-electron chi connectivity index (χ3n) is 4.14. The molecular formula is C21H27FN2O2. The highest BCUT2D eigenvalue weighted by atomic mass is 19.1. The molecule has 0 spiro atoms. The highest BCUT2D eigenvalue weighted by Gasteiger charge is 2.13.